The third-order valence-corrected chi connectivity index (χ3v) is 3.27. The maximum Gasteiger partial charge on any atom is 0.0396 e. The molecule has 0 aliphatic rings. The molecule has 0 aromatic heterocycles. The molecule has 1 aromatic carbocycles. The summed E-state index contributed by atoms with van der Waals surface area (Å²) >= 11 is 0. The fraction of sp³-hybridized carbons (Fsp3) is 0.625. The van der Waals surface area contributed by atoms with E-state index in [2.05, 4.69) is 50.1 Å². The Morgan fingerprint density at radius 3 is 2.41 bits per heavy atom. The van der Waals surface area contributed by atoms with E-state index >= 15 is 0 Å². The summed E-state index contributed by atoms with van der Waals surface area (Å²) < 4.78 is 0. The quantitative estimate of drug-likeness (QED) is 0.590. The molecule has 0 spiro atoms. The van der Waals surface area contributed by atoms with Crippen LogP contribution in [0.2, 0.25) is 0 Å². The van der Waals surface area contributed by atoms with Gasteiger partial charge in [-0.2, -0.15) is 0 Å². The van der Waals surface area contributed by atoms with E-state index in [0.717, 1.165) is 0 Å². The van der Waals surface area contributed by atoms with Crippen LogP contribution in [0.15, 0.2) is 24.3 Å². The van der Waals surface area contributed by atoms with Crippen LogP contribution in [0.1, 0.15) is 51.5 Å². The molecule has 96 valence electrons. The van der Waals surface area contributed by atoms with Gasteiger partial charge in [-0.05, 0) is 24.5 Å². The minimum atomic E-state index is 1.18. The van der Waals surface area contributed by atoms with Crippen molar-refractivity contribution in [1.82, 2.24) is 0 Å². The van der Waals surface area contributed by atoms with Gasteiger partial charge < -0.3 is 4.90 Å². The first kappa shape index (κ1) is 14.1. The van der Waals surface area contributed by atoms with E-state index in [4.69, 9.17) is 0 Å². The summed E-state index contributed by atoms with van der Waals surface area (Å²) in [5.74, 6) is 0. The Kier molecular flexibility index (Phi) is 6.76. The van der Waals surface area contributed by atoms with Crippen LogP contribution in [0.3, 0.4) is 0 Å². The zero-order valence-corrected chi connectivity index (χ0v) is 11.7. The Morgan fingerprint density at radius 1 is 0.941 bits per heavy atom. The van der Waals surface area contributed by atoms with Gasteiger partial charge in [0.2, 0.25) is 0 Å². The monoisotopic (exact) mass is 233 g/mol. The molecule has 0 saturated carbocycles. The number of nitrogens with zero attached hydrogens (tertiary/aromatic N) is 1. The van der Waals surface area contributed by atoms with Crippen LogP contribution in [0.4, 0.5) is 5.69 Å². The predicted molar refractivity (Wildman–Crippen MR) is 77.8 cm³/mol. The lowest BCUT2D eigenvalue weighted by Gasteiger charge is -2.22. The number of aryl methyl sites for hydroxylation is 1. The molecule has 0 atom stereocenters. The minimum absolute atomic E-state index is 1.18. The van der Waals surface area contributed by atoms with Crippen molar-refractivity contribution < 1.29 is 0 Å². The van der Waals surface area contributed by atoms with Crippen molar-refractivity contribution >= 4 is 5.69 Å². The van der Waals surface area contributed by atoms with Gasteiger partial charge in [-0.3, -0.25) is 0 Å². The van der Waals surface area contributed by atoms with Crippen molar-refractivity contribution in [3.8, 4) is 0 Å². The Balaban J connectivity index is 2.52. The zero-order chi connectivity index (χ0) is 12.5. The van der Waals surface area contributed by atoms with Crippen LogP contribution in [0.5, 0.6) is 0 Å². The maximum absolute atomic E-state index is 2.42. The lowest BCUT2D eigenvalue weighted by molar-refractivity contribution is 0.660. The zero-order valence-electron chi connectivity index (χ0n) is 11.7. The first-order valence-corrected chi connectivity index (χ1v) is 7.08. The Bertz CT molecular complexity index is 306. The van der Waals surface area contributed by atoms with Crippen molar-refractivity contribution in [2.45, 2.75) is 52.4 Å². The predicted octanol–water partition coefficient (Wildman–Crippen LogP) is 4.66. The summed E-state index contributed by atoms with van der Waals surface area (Å²) in [7, 11) is 2.22. The first-order valence-electron chi connectivity index (χ1n) is 7.08. The van der Waals surface area contributed by atoms with Gasteiger partial charge in [0.25, 0.3) is 0 Å². The number of hydrogen-bond acceptors (Lipinski definition) is 1. The topological polar surface area (TPSA) is 3.24 Å². The molecule has 0 saturated heterocycles. The summed E-state index contributed by atoms with van der Waals surface area (Å²) in [6, 6.07) is 8.82. The molecular formula is C16H27N. The van der Waals surface area contributed by atoms with E-state index in [0.29, 0.717) is 0 Å². The average molecular weight is 233 g/mol. The second-order valence-corrected chi connectivity index (χ2v) is 4.86. The van der Waals surface area contributed by atoms with Crippen molar-refractivity contribution in [1.29, 1.82) is 0 Å². The molecule has 0 amide bonds. The molecule has 0 radical (unpaired) electrons. The summed E-state index contributed by atoms with van der Waals surface area (Å²) in [4.78, 5) is 2.42. The number of anilines is 1. The Labute approximate surface area is 107 Å². The molecule has 1 aromatic rings. The molecule has 0 heterocycles. The van der Waals surface area contributed by atoms with Crippen LogP contribution < -0.4 is 4.90 Å². The third kappa shape index (κ3) is 4.80. The fourth-order valence-electron chi connectivity index (χ4n) is 2.26. The normalized spacial score (nSPS) is 10.5. The number of para-hydroxylation sites is 1. The van der Waals surface area contributed by atoms with Crippen molar-refractivity contribution in [2.75, 3.05) is 18.5 Å². The van der Waals surface area contributed by atoms with Crippen molar-refractivity contribution in [3.05, 3.63) is 29.8 Å². The molecule has 0 unspecified atom stereocenters. The summed E-state index contributed by atoms with van der Waals surface area (Å²) in [6.45, 7) is 5.69. The van der Waals surface area contributed by atoms with E-state index in [-0.39, 0.29) is 0 Å². The second-order valence-electron chi connectivity index (χ2n) is 4.86. The van der Waals surface area contributed by atoms with Crippen molar-refractivity contribution in [2.24, 2.45) is 0 Å². The van der Waals surface area contributed by atoms with Gasteiger partial charge in [0, 0.05) is 19.3 Å². The first-order chi connectivity index (χ1) is 8.29. The van der Waals surface area contributed by atoms with E-state index in [1.807, 2.05) is 0 Å². The number of unbranched alkanes of at least 4 members (excludes halogenated alkanes) is 3. The van der Waals surface area contributed by atoms with Gasteiger partial charge >= 0.3 is 0 Å². The van der Waals surface area contributed by atoms with Gasteiger partial charge in [0.05, 0.1) is 0 Å². The van der Waals surface area contributed by atoms with Crippen LogP contribution >= 0.6 is 0 Å². The van der Waals surface area contributed by atoms with Gasteiger partial charge in [-0.15, -0.1) is 0 Å². The highest BCUT2D eigenvalue weighted by Gasteiger charge is 2.05. The SMILES string of the molecule is CCCCCCN(C)c1ccccc1CCC. The third-order valence-electron chi connectivity index (χ3n) is 3.27. The van der Waals surface area contributed by atoms with E-state index in [1.165, 1.54) is 56.3 Å². The van der Waals surface area contributed by atoms with Gasteiger partial charge in [0.15, 0.2) is 0 Å². The molecule has 0 fully saturated rings. The average Bonchev–Trinajstić information content (AvgIpc) is 2.35. The smallest absolute Gasteiger partial charge is 0.0396 e. The molecule has 1 rings (SSSR count). The van der Waals surface area contributed by atoms with Gasteiger partial charge in [-0.25, -0.2) is 0 Å². The largest absolute Gasteiger partial charge is 0.374 e. The minimum Gasteiger partial charge on any atom is -0.374 e. The molecule has 0 aliphatic carbocycles. The highest BCUT2D eigenvalue weighted by Crippen LogP contribution is 2.21. The second kappa shape index (κ2) is 8.16. The van der Waals surface area contributed by atoms with Gasteiger partial charge in [-0.1, -0.05) is 57.7 Å². The lowest BCUT2D eigenvalue weighted by atomic mass is 10.1. The van der Waals surface area contributed by atoms with E-state index in [9.17, 15) is 0 Å². The number of rotatable bonds is 8. The molecule has 0 bridgehead atoms. The summed E-state index contributed by atoms with van der Waals surface area (Å²) in [5.41, 5.74) is 2.92. The Hall–Kier alpha value is -0.980. The number of benzene rings is 1. The number of hydrogen-bond donors (Lipinski definition) is 0. The summed E-state index contributed by atoms with van der Waals surface area (Å²) in [5, 5.41) is 0. The van der Waals surface area contributed by atoms with Crippen LogP contribution in [0, 0.1) is 0 Å². The molecular weight excluding hydrogens is 206 g/mol. The van der Waals surface area contributed by atoms with Crippen LogP contribution in [-0.4, -0.2) is 13.6 Å². The van der Waals surface area contributed by atoms with Crippen LogP contribution in [0.25, 0.3) is 0 Å². The maximum atomic E-state index is 2.42. The molecule has 0 N–H and O–H groups in total. The fourth-order valence-corrected chi connectivity index (χ4v) is 2.26. The molecule has 17 heavy (non-hydrogen) atoms. The highest BCUT2D eigenvalue weighted by molar-refractivity contribution is 5.53. The van der Waals surface area contributed by atoms with E-state index in [1.54, 1.807) is 0 Å². The molecule has 0 aliphatic heterocycles. The van der Waals surface area contributed by atoms with Crippen molar-refractivity contribution in [3.63, 3.8) is 0 Å². The van der Waals surface area contributed by atoms with E-state index < -0.39 is 0 Å². The molecule has 1 heteroatoms. The van der Waals surface area contributed by atoms with Gasteiger partial charge in [0.1, 0.15) is 0 Å². The lowest BCUT2D eigenvalue weighted by Crippen LogP contribution is -2.19. The highest BCUT2D eigenvalue weighted by atomic mass is 15.1. The molecule has 1 nitrogen and oxygen atoms in total. The summed E-state index contributed by atoms with van der Waals surface area (Å²) in [6.07, 6.45) is 7.76. The van der Waals surface area contributed by atoms with Crippen LogP contribution in [-0.2, 0) is 6.42 Å². The standard InChI is InChI=1S/C16H27N/c1-4-6-7-10-14-17(3)16-13-9-8-12-15(16)11-5-2/h8-9,12-13H,4-7,10-11,14H2,1-3H3. The Morgan fingerprint density at radius 2 is 1.71 bits per heavy atom.